The van der Waals surface area contributed by atoms with E-state index in [2.05, 4.69) is 5.32 Å². The third kappa shape index (κ3) is 6.85. The average Bonchev–Trinajstić information content (AvgIpc) is 3.13. The molecule has 1 aliphatic rings. The van der Waals surface area contributed by atoms with E-state index in [0.29, 0.717) is 28.6 Å². The second kappa shape index (κ2) is 12.2. The number of benzene rings is 3. The molecule has 37 heavy (non-hydrogen) atoms. The van der Waals surface area contributed by atoms with Crippen molar-refractivity contribution in [2.75, 3.05) is 18.5 Å². The molecule has 1 heterocycles. The first-order valence-corrected chi connectivity index (χ1v) is 12.8. The SMILES string of the molecule is CCOc1cc(/C=C2/SC(=O)N(Cc3ccc(Cl)cc3)C2=O)cc(Cl)c1OCC(=O)Nc1ccccc1. The summed E-state index contributed by atoms with van der Waals surface area (Å²) in [6.07, 6.45) is 1.58. The molecule has 3 aromatic carbocycles. The summed E-state index contributed by atoms with van der Waals surface area (Å²) in [6, 6.07) is 19.2. The van der Waals surface area contributed by atoms with Crippen LogP contribution in [0.15, 0.2) is 71.6 Å². The van der Waals surface area contributed by atoms with Gasteiger partial charge >= 0.3 is 0 Å². The molecule has 0 radical (unpaired) electrons. The van der Waals surface area contributed by atoms with E-state index < -0.39 is 5.91 Å². The fraction of sp³-hybridized carbons (Fsp3) is 0.148. The van der Waals surface area contributed by atoms with Crippen molar-refractivity contribution in [3.05, 3.63) is 92.8 Å². The van der Waals surface area contributed by atoms with Gasteiger partial charge in [-0.05, 0) is 72.3 Å². The van der Waals surface area contributed by atoms with Gasteiger partial charge in [0.25, 0.3) is 17.1 Å². The zero-order valence-electron chi connectivity index (χ0n) is 19.7. The van der Waals surface area contributed by atoms with Gasteiger partial charge in [0.1, 0.15) is 0 Å². The molecule has 0 saturated carbocycles. The van der Waals surface area contributed by atoms with Gasteiger partial charge in [-0.1, -0.05) is 53.5 Å². The predicted octanol–water partition coefficient (Wildman–Crippen LogP) is 6.65. The molecule has 190 valence electrons. The Balaban J connectivity index is 1.49. The van der Waals surface area contributed by atoms with Crippen LogP contribution < -0.4 is 14.8 Å². The Morgan fingerprint density at radius 2 is 1.76 bits per heavy atom. The van der Waals surface area contributed by atoms with Crippen LogP contribution in [0.2, 0.25) is 10.0 Å². The van der Waals surface area contributed by atoms with Crippen molar-refractivity contribution >= 4 is 63.8 Å². The van der Waals surface area contributed by atoms with Gasteiger partial charge in [-0.2, -0.15) is 0 Å². The highest BCUT2D eigenvalue weighted by atomic mass is 35.5. The lowest BCUT2D eigenvalue weighted by atomic mass is 10.1. The molecule has 1 fully saturated rings. The van der Waals surface area contributed by atoms with Gasteiger partial charge in [0.05, 0.1) is 23.1 Å². The Morgan fingerprint density at radius 3 is 2.46 bits per heavy atom. The number of carbonyl (C=O) groups is 3. The maximum Gasteiger partial charge on any atom is 0.293 e. The number of amides is 3. The van der Waals surface area contributed by atoms with Crippen LogP contribution in [-0.4, -0.2) is 35.2 Å². The van der Waals surface area contributed by atoms with Crippen LogP contribution in [0.1, 0.15) is 18.1 Å². The predicted molar refractivity (Wildman–Crippen MR) is 146 cm³/mol. The summed E-state index contributed by atoms with van der Waals surface area (Å²) in [5.74, 6) is -0.242. The van der Waals surface area contributed by atoms with E-state index in [9.17, 15) is 14.4 Å². The second-order valence-electron chi connectivity index (χ2n) is 7.86. The number of imide groups is 1. The molecule has 3 aromatic rings. The molecule has 3 amide bonds. The van der Waals surface area contributed by atoms with Crippen molar-refractivity contribution < 1.29 is 23.9 Å². The van der Waals surface area contributed by atoms with Crippen LogP contribution in [0.4, 0.5) is 10.5 Å². The monoisotopic (exact) mass is 556 g/mol. The highest BCUT2D eigenvalue weighted by molar-refractivity contribution is 8.18. The number of nitrogens with one attached hydrogen (secondary N) is 1. The fourth-order valence-corrected chi connectivity index (χ4v) is 4.73. The van der Waals surface area contributed by atoms with E-state index in [4.69, 9.17) is 32.7 Å². The van der Waals surface area contributed by atoms with Crippen LogP contribution in [-0.2, 0) is 16.1 Å². The van der Waals surface area contributed by atoms with Gasteiger partial charge in [-0.15, -0.1) is 0 Å². The summed E-state index contributed by atoms with van der Waals surface area (Å²) in [5.41, 5.74) is 1.98. The molecule has 1 saturated heterocycles. The molecular weight excluding hydrogens is 535 g/mol. The molecule has 0 bridgehead atoms. The third-order valence-electron chi connectivity index (χ3n) is 5.16. The highest BCUT2D eigenvalue weighted by Gasteiger charge is 2.35. The molecule has 0 atom stereocenters. The summed E-state index contributed by atoms with van der Waals surface area (Å²) in [5, 5.41) is 3.14. The van der Waals surface area contributed by atoms with E-state index >= 15 is 0 Å². The number of anilines is 1. The lowest BCUT2D eigenvalue weighted by molar-refractivity contribution is -0.123. The molecule has 10 heteroatoms. The Kier molecular flexibility index (Phi) is 8.76. The topological polar surface area (TPSA) is 84.9 Å². The molecule has 7 nitrogen and oxygen atoms in total. The number of halogens is 2. The first kappa shape index (κ1) is 26.6. The standard InChI is InChI=1S/C27H22Cl2N2O5S/c1-2-35-22-13-18(12-21(29)25(22)36-16-24(32)30-20-6-4-3-5-7-20)14-23-26(33)31(27(34)37-23)15-17-8-10-19(28)11-9-17/h3-14H,2,15-16H2,1H3,(H,30,32)/b23-14+. The molecular formula is C27H22Cl2N2O5S. The van der Waals surface area contributed by atoms with Crippen LogP contribution in [0.25, 0.3) is 6.08 Å². The van der Waals surface area contributed by atoms with Crippen molar-refractivity contribution in [3.63, 3.8) is 0 Å². The summed E-state index contributed by atoms with van der Waals surface area (Å²) in [4.78, 5) is 39.2. The number of rotatable bonds is 9. The zero-order chi connectivity index (χ0) is 26.4. The van der Waals surface area contributed by atoms with Crippen LogP contribution >= 0.6 is 35.0 Å². The van der Waals surface area contributed by atoms with Crippen molar-refractivity contribution in [3.8, 4) is 11.5 Å². The number of hydrogen-bond donors (Lipinski definition) is 1. The quantitative estimate of drug-likeness (QED) is 0.297. The first-order valence-electron chi connectivity index (χ1n) is 11.3. The minimum atomic E-state index is -0.406. The van der Waals surface area contributed by atoms with Crippen LogP contribution in [0.5, 0.6) is 11.5 Å². The lowest BCUT2D eigenvalue weighted by Gasteiger charge is -2.15. The van der Waals surface area contributed by atoms with Crippen molar-refractivity contribution in [1.82, 2.24) is 4.90 Å². The zero-order valence-corrected chi connectivity index (χ0v) is 22.0. The van der Waals surface area contributed by atoms with Gasteiger partial charge in [0, 0.05) is 10.7 Å². The molecule has 1 aliphatic heterocycles. The number of hydrogen-bond acceptors (Lipinski definition) is 6. The fourth-order valence-electron chi connectivity index (χ4n) is 3.49. The van der Waals surface area contributed by atoms with E-state index in [1.165, 1.54) is 4.90 Å². The van der Waals surface area contributed by atoms with Gasteiger partial charge in [0.15, 0.2) is 18.1 Å². The van der Waals surface area contributed by atoms with Gasteiger partial charge in [-0.3, -0.25) is 19.3 Å². The summed E-state index contributed by atoms with van der Waals surface area (Å²) in [6.45, 7) is 1.98. The minimum absolute atomic E-state index is 0.141. The third-order valence-corrected chi connectivity index (χ3v) is 6.60. The normalized spacial score (nSPS) is 14.2. The molecule has 0 spiro atoms. The van der Waals surface area contributed by atoms with Crippen LogP contribution in [0, 0.1) is 0 Å². The Morgan fingerprint density at radius 1 is 1.03 bits per heavy atom. The first-order chi connectivity index (χ1) is 17.8. The Labute approximate surface area is 228 Å². The summed E-state index contributed by atoms with van der Waals surface area (Å²) >= 11 is 13.2. The van der Waals surface area contributed by atoms with E-state index in [-0.39, 0.29) is 40.0 Å². The molecule has 1 N–H and O–H groups in total. The van der Waals surface area contributed by atoms with E-state index in [0.717, 1.165) is 17.3 Å². The van der Waals surface area contributed by atoms with E-state index in [1.807, 2.05) is 18.2 Å². The number of carbonyl (C=O) groups excluding carboxylic acids is 3. The average molecular weight is 557 g/mol. The van der Waals surface area contributed by atoms with Gasteiger partial charge in [-0.25, -0.2) is 0 Å². The second-order valence-corrected chi connectivity index (χ2v) is 9.70. The Bertz CT molecular complexity index is 1350. The molecule has 4 rings (SSSR count). The molecule has 0 unspecified atom stereocenters. The van der Waals surface area contributed by atoms with Crippen molar-refractivity contribution in [2.45, 2.75) is 13.5 Å². The number of nitrogens with zero attached hydrogens (tertiary/aromatic N) is 1. The number of para-hydroxylation sites is 1. The summed E-state index contributed by atoms with van der Waals surface area (Å²) in [7, 11) is 0. The molecule has 0 aromatic heterocycles. The van der Waals surface area contributed by atoms with Crippen molar-refractivity contribution in [1.29, 1.82) is 0 Å². The van der Waals surface area contributed by atoms with Crippen molar-refractivity contribution in [2.24, 2.45) is 0 Å². The lowest BCUT2D eigenvalue weighted by Crippen LogP contribution is -2.27. The number of ether oxygens (including phenoxy) is 2. The van der Waals surface area contributed by atoms with Crippen LogP contribution in [0.3, 0.4) is 0 Å². The number of thioether (sulfide) groups is 1. The van der Waals surface area contributed by atoms with Gasteiger partial charge in [0.2, 0.25) is 0 Å². The highest BCUT2D eigenvalue weighted by Crippen LogP contribution is 2.39. The Hall–Kier alpha value is -3.46. The largest absolute Gasteiger partial charge is 0.490 e. The van der Waals surface area contributed by atoms with Gasteiger partial charge < -0.3 is 14.8 Å². The summed E-state index contributed by atoms with van der Waals surface area (Å²) < 4.78 is 11.4. The minimum Gasteiger partial charge on any atom is -0.490 e. The maximum absolute atomic E-state index is 12.9. The smallest absolute Gasteiger partial charge is 0.293 e. The maximum atomic E-state index is 12.9. The molecule has 0 aliphatic carbocycles. The van der Waals surface area contributed by atoms with E-state index in [1.54, 1.807) is 61.5 Å².